The number of fused-ring (bicyclic) bond motifs is 1. The molecule has 1 N–H and O–H groups in total. The highest BCUT2D eigenvalue weighted by atomic mass is 32.1. The number of nitrogens with one attached hydrogen (secondary N) is 1. The van der Waals surface area contributed by atoms with E-state index in [4.69, 9.17) is 4.74 Å². The monoisotopic (exact) mass is 467 g/mol. The molecule has 0 saturated carbocycles. The van der Waals surface area contributed by atoms with E-state index in [-0.39, 0.29) is 12.1 Å². The van der Waals surface area contributed by atoms with Crippen LogP contribution in [0.25, 0.3) is 16.2 Å². The van der Waals surface area contributed by atoms with Crippen LogP contribution < -0.4 is 5.32 Å². The number of aromatic nitrogens is 3. The molecule has 3 aromatic rings. The minimum atomic E-state index is -4.38. The normalized spacial score (nSPS) is 15.9. The summed E-state index contributed by atoms with van der Waals surface area (Å²) in [5, 5.41) is 7.91. The fraction of sp³-hybridized carbons (Fsp3) is 0.476. The lowest BCUT2D eigenvalue weighted by molar-refractivity contribution is -0.134. The first-order valence-electron chi connectivity index (χ1n) is 10.3. The van der Waals surface area contributed by atoms with Gasteiger partial charge in [-0.1, -0.05) is 0 Å². The fourth-order valence-electron chi connectivity index (χ4n) is 3.49. The fourth-order valence-corrected chi connectivity index (χ4v) is 4.36. The molecule has 1 aliphatic heterocycles. The zero-order valence-electron chi connectivity index (χ0n) is 17.9. The Bertz CT molecular complexity index is 1110. The third kappa shape index (κ3) is 4.98. The van der Waals surface area contributed by atoms with E-state index < -0.39 is 16.7 Å². The highest BCUT2D eigenvalue weighted by Crippen LogP contribution is 2.38. The second-order valence-corrected chi connectivity index (χ2v) is 9.76. The zero-order valence-corrected chi connectivity index (χ0v) is 18.8. The lowest BCUT2D eigenvalue weighted by Crippen LogP contribution is -2.44. The van der Waals surface area contributed by atoms with E-state index in [9.17, 15) is 18.0 Å². The number of alkyl halides is 3. The third-order valence-corrected chi connectivity index (χ3v) is 6.15. The predicted molar refractivity (Wildman–Crippen MR) is 116 cm³/mol. The average molecular weight is 468 g/mol. The smallest absolute Gasteiger partial charge is 0.425 e. The molecule has 0 spiro atoms. The average Bonchev–Trinajstić information content (AvgIpc) is 3.33. The van der Waals surface area contributed by atoms with Gasteiger partial charge in [-0.3, -0.25) is 0 Å². The maximum absolute atomic E-state index is 13.0. The number of hydrogen-bond donors (Lipinski definition) is 1. The largest absolute Gasteiger partial charge is 0.444 e. The number of carbonyl (C=O) groups excluding carboxylic acids is 1. The molecule has 3 aromatic heterocycles. The van der Waals surface area contributed by atoms with Gasteiger partial charge in [0.05, 0.1) is 11.1 Å². The number of amides is 1. The van der Waals surface area contributed by atoms with Crippen molar-refractivity contribution >= 4 is 28.9 Å². The molecule has 7 nitrogen and oxygen atoms in total. The molecule has 0 aromatic carbocycles. The maximum Gasteiger partial charge on any atom is 0.425 e. The van der Waals surface area contributed by atoms with Crippen molar-refractivity contribution in [2.45, 2.75) is 51.4 Å². The van der Waals surface area contributed by atoms with Crippen LogP contribution in [0.1, 0.15) is 38.5 Å². The standard InChI is InChI=1S/C21H24F3N5O2S/c1-20(2,3)31-19(30)28-10-8-13(9-11-28)26-17-6-7-18-25-12-14(29(18)27-17)15-4-5-16(32-15)21(22,23)24/h4-7,12-13H,8-11H2,1-3H3,(H,26,27). The number of ether oxygens (including phenoxy) is 1. The Hall–Kier alpha value is -2.82. The predicted octanol–water partition coefficient (Wildman–Crippen LogP) is 5.29. The van der Waals surface area contributed by atoms with E-state index in [0.29, 0.717) is 46.5 Å². The topological polar surface area (TPSA) is 71.8 Å². The van der Waals surface area contributed by atoms with Gasteiger partial charge in [-0.25, -0.2) is 14.3 Å². The van der Waals surface area contributed by atoms with Gasteiger partial charge in [-0.15, -0.1) is 16.4 Å². The van der Waals surface area contributed by atoms with Crippen LogP contribution in [0.2, 0.25) is 0 Å². The first kappa shape index (κ1) is 22.4. The maximum atomic E-state index is 13.0. The lowest BCUT2D eigenvalue weighted by Gasteiger charge is -2.33. The number of halogens is 3. The summed E-state index contributed by atoms with van der Waals surface area (Å²) in [7, 11) is 0. The van der Waals surface area contributed by atoms with Crippen LogP contribution in [0, 0.1) is 0 Å². The Balaban J connectivity index is 1.44. The van der Waals surface area contributed by atoms with E-state index in [1.54, 1.807) is 21.5 Å². The summed E-state index contributed by atoms with van der Waals surface area (Å²) in [5.41, 5.74) is 0.522. The number of rotatable bonds is 3. The molecule has 0 bridgehead atoms. The van der Waals surface area contributed by atoms with Gasteiger partial charge >= 0.3 is 12.3 Å². The van der Waals surface area contributed by atoms with E-state index in [2.05, 4.69) is 15.4 Å². The second kappa shape index (κ2) is 8.27. The van der Waals surface area contributed by atoms with Gasteiger partial charge in [0.2, 0.25) is 0 Å². The minimum Gasteiger partial charge on any atom is -0.444 e. The molecule has 1 saturated heterocycles. The van der Waals surface area contributed by atoms with Crippen LogP contribution in [0.3, 0.4) is 0 Å². The molecule has 32 heavy (non-hydrogen) atoms. The van der Waals surface area contributed by atoms with Crippen molar-refractivity contribution in [3.05, 3.63) is 35.3 Å². The first-order valence-corrected chi connectivity index (χ1v) is 11.1. The lowest BCUT2D eigenvalue weighted by atomic mass is 10.1. The Kier molecular flexibility index (Phi) is 5.78. The van der Waals surface area contributed by atoms with Gasteiger partial charge in [0.1, 0.15) is 22.0 Å². The Morgan fingerprint density at radius 3 is 2.50 bits per heavy atom. The Morgan fingerprint density at radius 2 is 1.88 bits per heavy atom. The summed E-state index contributed by atoms with van der Waals surface area (Å²) in [6.07, 6.45) is -1.70. The van der Waals surface area contributed by atoms with Crippen molar-refractivity contribution in [1.29, 1.82) is 0 Å². The molecule has 4 heterocycles. The zero-order chi connectivity index (χ0) is 23.1. The van der Waals surface area contributed by atoms with E-state index in [1.807, 2.05) is 20.8 Å². The number of likely N-dealkylation sites (tertiary alicyclic amines) is 1. The highest BCUT2D eigenvalue weighted by molar-refractivity contribution is 7.15. The molecular weight excluding hydrogens is 443 g/mol. The van der Waals surface area contributed by atoms with Crippen LogP contribution in [0.15, 0.2) is 30.5 Å². The Labute approximate surface area is 187 Å². The SMILES string of the molecule is CC(C)(C)OC(=O)N1CCC(Nc2ccc3ncc(-c4ccc(C(F)(F)F)s4)n3n2)CC1. The quantitative estimate of drug-likeness (QED) is 0.567. The van der Waals surface area contributed by atoms with Gasteiger partial charge < -0.3 is 15.0 Å². The number of carbonyl (C=O) groups is 1. The van der Waals surface area contributed by atoms with Gasteiger partial charge in [0, 0.05) is 19.1 Å². The summed E-state index contributed by atoms with van der Waals surface area (Å²) in [5.74, 6) is 0.597. The highest BCUT2D eigenvalue weighted by Gasteiger charge is 2.33. The van der Waals surface area contributed by atoms with E-state index in [1.165, 1.54) is 12.3 Å². The van der Waals surface area contributed by atoms with Crippen LogP contribution >= 0.6 is 11.3 Å². The molecule has 0 aliphatic carbocycles. The number of hydrogen-bond acceptors (Lipinski definition) is 6. The molecule has 0 radical (unpaired) electrons. The number of piperidine rings is 1. The Morgan fingerprint density at radius 1 is 1.16 bits per heavy atom. The first-order chi connectivity index (χ1) is 15.0. The molecule has 0 unspecified atom stereocenters. The number of anilines is 1. The summed E-state index contributed by atoms with van der Waals surface area (Å²) in [6.45, 7) is 6.66. The second-order valence-electron chi connectivity index (χ2n) is 8.68. The van der Waals surface area contributed by atoms with Crippen molar-refractivity contribution in [2.24, 2.45) is 0 Å². The van der Waals surface area contributed by atoms with Crippen LogP contribution in [0.5, 0.6) is 0 Å². The third-order valence-electron chi connectivity index (χ3n) is 5.00. The molecule has 1 fully saturated rings. The summed E-state index contributed by atoms with van der Waals surface area (Å²) in [6, 6.07) is 6.18. The number of imidazole rings is 1. The van der Waals surface area contributed by atoms with Crippen molar-refractivity contribution in [2.75, 3.05) is 18.4 Å². The van der Waals surface area contributed by atoms with E-state index in [0.717, 1.165) is 18.9 Å². The summed E-state index contributed by atoms with van der Waals surface area (Å²) >= 11 is 0.665. The van der Waals surface area contributed by atoms with Crippen molar-refractivity contribution < 1.29 is 22.7 Å². The van der Waals surface area contributed by atoms with Gasteiger partial charge in [-0.05, 0) is 57.9 Å². The summed E-state index contributed by atoms with van der Waals surface area (Å²) in [4.78, 5) is 18.0. The van der Waals surface area contributed by atoms with Gasteiger partial charge in [-0.2, -0.15) is 13.2 Å². The van der Waals surface area contributed by atoms with Crippen molar-refractivity contribution in [3.63, 3.8) is 0 Å². The summed E-state index contributed by atoms with van der Waals surface area (Å²) < 4.78 is 45.9. The molecule has 4 rings (SSSR count). The van der Waals surface area contributed by atoms with E-state index >= 15 is 0 Å². The molecule has 0 atom stereocenters. The van der Waals surface area contributed by atoms with Crippen molar-refractivity contribution in [3.8, 4) is 10.6 Å². The molecule has 172 valence electrons. The van der Waals surface area contributed by atoms with Crippen LogP contribution in [-0.2, 0) is 10.9 Å². The molecule has 1 amide bonds. The van der Waals surface area contributed by atoms with Crippen molar-refractivity contribution in [1.82, 2.24) is 19.5 Å². The number of thiophene rings is 1. The molecular formula is C21H24F3N5O2S. The van der Waals surface area contributed by atoms with Gasteiger partial charge in [0.25, 0.3) is 0 Å². The molecule has 11 heteroatoms. The number of nitrogens with zero attached hydrogens (tertiary/aromatic N) is 4. The van der Waals surface area contributed by atoms with Gasteiger partial charge in [0.15, 0.2) is 5.65 Å². The van der Waals surface area contributed by atoms with Crippen LogP contribution in [0.4, 0.5) is 23.8 Å². The minimum absolute atomic E-state index is 0.115. The molecule has 1 aliphatic rings. The van der Waals surface area contributed by atoms with Crippen LogP contribution in [-0.4, -0.2) is 50.3 Å².